The highest BCUT2D eigenvalue weighted by atomic mass is 35.5. The molecule has 0 atom stereocenters. The Balaban J connectivity index is 1.48. The summed E-state index contributed by atoms with van der Waals surface area (Å²) in [6.45, 7) is 0.544. The summed E-state index contributed by atoms with van der Waals surface area (Å²) in [5.41, 5.74) is 1.29. The van der Waals surface area contributed by atoms with Crippen molar-refractivity contribution in [3.63, 3.8) is 0 Å². The maximum absolute atomic E-state index is 13.6. The SMILES string of the molecule is N#Cc1c(F)cccc1OCC1CCC(Cc2cccc(Cl)c2)CC1. The van der Waals surface area contributed by atoms with Gasteiger partial charge in [-0.3, -0.25) is 0 Å². The van der Waals surface area contributed by atoms with Gasteiger partial charge in [-0.15, -0.1) is 0 Å². The number of rotatable bonds is 5. The lowest BCUT2D eigenvalue weighted by atomic mass is 9.79. The van der Waals surface area contributed by atoms with Crippen molar-refractivity contribution in [2.24, 2.45) is 11.8 Å². The van der Waals surface area contributed by atoms with E-state index in [2.05, 4.69) is 6.07 Å². The molecule has 1 aliphatic rings. The molecule has 0 amide bonds. The number of nitrogens with zero attached hydrogens (tertiary/aromatic N) is 1. The molecule has 0 unspecified atom stereocenters. The number of hydrogen-bond donors (Lipinski definition) is 0. The van der Waals surface area contributed by atoms with Gasteiger partial charge in [-0.05, 0) is 73.8 Å². The lowest BCUT2D eigenvalue weighted by Gasteiger charge is -2.28. The molecule has 3 rings (SSSR count). The molecular formula is C21H21ClFNO. The maximum atomic E-state index is 13.6. The number of ether oxygens (including phenoxy) is 1. The van der Waals surface area contributed by atoms with Crippen LogP contribution in [0.3, 0.4) is 0 Å². The summed E-state index contributed by atoms with van der Waals surface area (Å²) < 4.78 is 19.3. The minimum Gasteiger partial charge on any atom is -0.492 e. The van der Waals surface area contributed by atoms with Crippen LogP contribution in [0.25, 0.3) is 0 Å². The van der Waals surface area contributed by atoms with Gasteiger partial charge in [-0.1, -0.05) is 29.8 Å². The molecule has 0 spiro atoms. The molecule has 25 heavy (non-hydrogen) atoms. The van der Waals surface area contributed by atoms with Gasteiger partial charge in [0.25, 0.3) is 0 Å². The summed E-state index contributed by atoms with van der Waals surface area (Å²) in [6.07, 6.45) is 5.59. The van der Waals surface area contributed by atoms with Gasteiger partial charge in [0.15, 0.2) is 0 Å². The van der Waals surface area contributed by atoms with Crippen molar-refractivity contribution in [3.05, 3.63) is 64.4 Å². The molecule has 1 fully saturated rings. The largest absolute Gasteiger partial charge is 0.492 e. The Morgan fingerprint density at radius 3 is 2.52 bits per heavy atom. The number of nitriles is 1. The lowest BCUT2D eigenvalue weighted by Crippen LogP contribution is -2.21. The van der Waals surface area contributed by atoms with E-state index in [9.17, 15) is 4.39 Å². The summed E-state index contributed by atoms with van der Waals surface area (Å²) in [5.74, 6) is 0.970. The van der Waals surface area contributed by atoms with Gasteiger partial charge in [0.2, 0.25) is 0 Å². The average Bonchev–Trinajstić information content (AvgIpc) is 2.61. The van der Waals surface area contributed by atoms with Gasteiger partial charge in [0, 0.05) is 5.02 Å². The fourth-order valence-electron chi connectivity index (χ4n) is 3.54. The van der Waals surface area contributed by atoms with Crippen LogP contribution in [-0.2, 0) is 6.42 Å². The summed E-state index contributed by atoms with van der Waals surface area (Å²) in [6, 6.07) is 14.5. The Morgan fingerprint density at radius 1 is 1.08 bits per heavy atom. The van der Waals surface area contributed by atoms with Crippen LogP contribution in [0.15, 0.2) is 42.5 Å². The van der Waals surface area contributed by atoms with E-state index >= 15 is 0 Å². The molecule has 0 aliphatic heterocycles. The van der Waals surface area contributed by atoms with Crippen LogP contribution < -0.4 is 4.74 Å². The standard InChI is InChI=1S/C21H21ClFNO/c22-18-4-1-3-17(12-18)11-15-7-9-16(10-8-15)14-25-21-6-2-5-20(23)19(21)13-24/h1-6,12,15-16H,7-11,14H2. The first-order valence-corrected chi connectivity index (χ1v) is 9.09. The Bertz CT molecular complexity index is 763. The van der Waals surface area contributed by atoms with E-state index in [1.54, 1.807) is 12.1 Å². The third-order valence-electron chi connectivity index (χ3n) is 4.94. The van der Waals surface area contributed by atoms with Crippen molar-refractivity contribution < 1.29 is 9.13 Å². The fourth-order valence-corrected chi connectivity index (χ4v) is 3.75. The minimum absolute atomic E-state index is 0.00265. The Labute approximate surface area is 153 Å². The number of benzene rings is 2. The third kappa shape index (κ3) is 4.74. The molecule has 0 heterocycles. The topological polar surface area (TPSA) is 33.0 Å². The van der Waals surface area contributed by atoms with Crippen LogP contribution in [-0.4, -0.2) is 6.61 Å². The zero-order chi connectivity index (χ0) is 17.6. The quantitative estimate of drug-likeness (QED) is 0.679. The van der Waals surface area contributed by atoms with E-state index in [1.165, 1.54) is 11.6 Å². The van der Waals surface area contributed by atoms with Crippen LogP contribution in [0.1, 0.15) is 36.8 Å². The molecule has 2 aromatic rings. The van der Waals surface area contributed by atoms with Crippen molar-refractivity contribution in [1.82, 2.24) is 0 Å². The van der Waals surface area contributed by atoms with Gasteiger partial charge in [-0.2, -0.15) is 5.26 Å². The van der Waals surface area contributed by atoms with E-state index in [4.69, 9.17) is 21.6 Å². The first-order chi connectivity index (χ1) is 12.2. The van der Waals surface area contributed by atoms with Gasteiger partial charge >= 0.3 is 0 Å². The predicted octanol–water partition coefficient (Wildman–Crippen LogP) is 5.78. The number of hydrogen-bond acceptors (Lipinski definition) is 2. The fraction of sp³-hybridized carbons (Fsp3) is 0.381. The second-order valence-corrected chi connectivity index (χ2v) is 7.19. The van der Waals surface area contributed by atoms with Crippen molar-refractivity contribution in [2.75, 3.05) is 6.61 Å². The van der Waals surface area contributed by atoms with Gasteiger partial charge in [0.05, 0.1) is 6.61 Å². The minimum atomic E-state index is -0.523. The molecule has 2 aromatic carbocycles. The molecule has 1 aliphatic carbocycles. The van der Waals surface area contributed by atoms with Gasteiger partial charge in [-0.25, -0.2) is 4.39 Å². The van der Waals surface area contributed by atoms with Crippen molar-refractivity contribution >= 4 is 11.6 Å². The first kappa shape index (κ1) is 17.8. The third-order valence-corrected chi connectivity index (χ3v) is 5.18. The zero-order valence-corrected chi connectivity index (χ0v) is 14.8. The normalized spacial score (nSPS) is 20.0. The molecule has 0 N–H and O–H groups in total. The Morgan fingerprint density at radius 2 is 1.80 bits per heavy atom. The van der Waals surface area contributed by atoms with E-state index in [-0.39, 0.29) is 5.56 Å². The summed E-state index contributed by atoms with van der Waals surface area (Å²) in [7, 11) is 0. The smallest absolute Gasteiger partial charge is 0.144 e. The monoisotopic (exact) mass is 357 g/mol. The Kier molecular flexibility index (Phi) is 5.94. The second kappa shape index (κ2) is 8.36. The zero-order valence-electron chi connectivity index (χ0n) is 14.1. The molecule has 0 bridgehead atoms. The molecule has 4 heteroatoms. The molecular weight excluding hydrogens is 337 g/mol. The Hall–Kier alpha value is -2.05. The van der Waals surface area contributed by atoms with E-state index < -0.39 is 5.82 Å². The maximum Gasteiger partial charge on any atom is 0.144 e. The van der Waals surface area contributed by atoms with Gasteiger partial charge in [0.1, 0.15) is 23.2 Å². The highest BCUT2D eigenvalue weighted by Gasteiger charge is 2.22. The van der Waals surface area contributed by atoms with E-state index in [0.717, 1.165) is 37.1 Å². The molecule has 2 nitrogen and oxygen atoms in total. The highest BCUT2D eigenvalue weighted by molar-refractivity contribution is 6.30. The van der Waals surface area contributed by atoms with E-state index in [0.29, 0.717) is 24.2 Å². The van der Waals surface area contributed by atoms with Gasteiger partial charge < -0.3 is 4.74 Å². The molecule has 130 valence electrons. The van der Waals surface area contributed by atoms with Crippen LogP contribution in [0.5, 0.6) is 5.75 Å². The van der Waals surface area contributed by atoms with Crippen LogP contribution in [0.2, 0.25) is 5.02 Å². The highest BCUT2D eigenvalue weighted by Crippen LogP contribution is 2.32. The predicted molar refractivity (Wildman–Crippen MR) is 97.2 cm³/mol. The molecule has 0 aromatic heterocycles. The average molecular weight is 358 g/mol. The molecule has 1 saturated carbocycles. The second-order valence-electron chi connectivity index (χ2n) is 6.76. The summed E-state index contributed by atoms with van der Waals surface area (Å²) >= 11 is 6.05. The van der Waals surface area contributed by atoms with Crippen LogP contribution in [0.4, 0.5) is 4.39 Å². The summed E-state index contributed by atoms with van der Waals surface area (Å²) in [4.78, 5) is 0. The van der Waals surface area contributed by atoms with Crippen LogP contribution >= 0.6 is 11.6 Å². The van der Waals surface area contributed by atoms with Crippen LogP contribution in [0, 0.1) is 29.0 Å². The first-order valence-electron chi connectivity index (χ1n) is 8.71. The van der Waals surface area contributed by atoms with Crippen molar-refractivity contribution in [2.45, 2.75) is 32.1 Å². The number of halogens is 2. The molecule has 0 saturated heterocycles. The van der Waals surface area contributed by atoms with Crippen molar-refractivity contribution in [3.8, 4) is 11.8 Å². The molecule has 0 radical (unpaired) electrons. The lowest BCUT2D eigenvalue weighted by molar-refractivity contribution is 0.181. The van der Waals surface area contributed by atoms with Crippen molar-refractivity contribution in [1.29, 1.82) is 5.26 Å². The van der Waals surface area contributed by atoms with E-state index in [1.807, 2.05) is 24.3 Å². The summed E-state index contributed by atoms with van der Waals surface area (Å²) in [5, 5.41) is 9.85.